The van der Waals surface area contributed by atoms with Gasteiger partial charge in [0.2, 0.25) is 0 Å². The molecule has 122 valence electrons. The first-order chi connectivity index (χ1) is 11.0. The van der Waals surface area contributed by atoms with E-state index in [9.17, 15) is 4.79 Å². The number of benzene rings is 2. The van der Waals surface area contributed by atoms with Crippen LogP contribution in [0.2, 0.25) is 0 Å². The Balaban J connectivity index is 2.04. The Kier molecular flexibility index (Phi) is 5.63. The first kappa shape index (κ1) is 16.9. The predicted molar refractivity (Wildman–Crippen MR) is 92.2 cm³/mol. The number of methoxy groups -OCH3 is 1. The van der Waals surface area contributed by atoms with Gasteiger partial charge in [0, 0.05) is 19.3 Å². The van der Waals surface area contributed by atoms with Crippen molar-refractivity contribution < 1.29 is 14.6 Å². The Labute approximate surface area is 137 Å². The van der Waals surface area contributed by atoms with Gasteiger partial charge in [-0.1, -0.05) is 31.2 Å². The Hall–Kier alpha value is -2.49. The number of hydrogen-bond donors (Lipinski definition) is 1. The lowest BCUT2D eigenvalue weighted by molar-refractivity contribution is -0.137. The zero-order chi connectivity index (χ0) is 16.8. The second kappa shape index (κ2) is 7.68. The molecule has 2 aromatic rings. The van der Waals surface area contributed by atoms with E-state index in [-0.39, 0.29) is 12.3 Å². The molecule has 0 bridgehead atoms. The number of carboxylic acids is 1. The smallest absolute Gasteiger partial charge is 0.303 e. The van der Waals surface area contributed by atoms with Gasteiger partial charge in [0.15, 0.2) is 0 Å². The van der Waals surface area contributed by atoms with Crippen LogP contribution in [0.25, 0.3) is 0 Å². The van der Waals surface area contributed by atoms with Gasteiger partial charge in [-0.25, -0.2) is 0 Å². The third-order valence-electron chi connectivity index (χ3n) is 3.94. The summed E-state index contributed by atoms with van der Waals surface area (Å²) in [6, 6.07) is 16.1. The summed E-state index contributed by atoms with van der Waals surface area (Å²) in [4.78, 5) is 12.9. The van der Waals surface area contributed by atoms with Gasteiger partial charge in [-0.05, 0) is 41.3 Å². The minimum atomic E-state index is -0.767. The first-order valence-electron chi connectivity index (χ1n) is 7.65. The van der Waals surface area contributed by atoms with Gasteiger partial charge in [-0.15, -0.1) is 0 Å². The summed E-state index contributed by atoms with van der Waals surface area (Å²) in [5.41, 5.74) is 3.32. The first-order valence-corrected chi connectivity index (χ1v) is 7.65. The molecule has 0 saturated carbocycles. The van der Waals surface area contributed by atoms with Crippen LogP contribution in [0.3, 0.4) is 0 Å². The van der Waals surface area contributed by atoms with Crippen molar-refractivity contribution >= 4 is 11.7 Å². The van der Waals surface area contributed by atoms with E-state index < -0.39 is 5.97 Å². The maximum absolute atomic E-state index is 10.8. The second-order valence-corrected chi connectivity index (χ2v) is 5.80. The Bertz CT molecular complexity index is 652. The van der Waals surface area contributed by atoms with Gasteiger partial charge < -0.3 is 14.7 Å². The van der Waals surface area contributed by atoms with E-state index in [1.165, 1.54) is 5.56 Å². The van der Waals surface area contributed by atoms with Crippen LogP contribution in [-0.2, 0) is 11.3 Å². The van der Waals surface area contributed by atoms with Crippen LogP contribution in [0.5, 0.6) is 5.75 Å². The summed E-state index contributed by atoms with van der Waals surface area (Å²) in [6.45, 7) is 2.71. The monoisotopic (exact) mass is 313 g/mol. The lowest BCUT2D eigenvalue weighted by atomic mass is 9.97. The Morgan fingerprint density at radius 1 is 1.22 bits per heavy atom. The van der Waals surface area contributed by atoms with E-state index in [2.05, 4.69) is 11.0 Å². The molecule has 23 heavy (non-hydrogen) atoms. The van der Waals surface area contributed by atoms with Crippen molar-refractivity contribution in [1.82, 2.24) is 0 Å². The molecule has 0 radical (unpaired) electrons. The van der Waals surface area contributed by atoms with E-state index in [1.54, 1.807) is 7.11 Å². The number of carbonyl (C=O) groups is 1. The van der Waals surface area contributed by atoms with E-state index in [4.69, 9.17) is 9.84 Å². The standard InChI is InChI=1S/C19H23NO3/c1-14(11-19(21)22)16-7-9-17(10-8-16)20(2)13-15-5-4-6-18(12-15)23-3/h4-10,12,14H,11,13H2,1-3H3,(H,21,22). The van der Waals surface area contributed by atoms with E-state index in [1.807, 2.05) is 56.4 Å². The van der Waals surface area contributed by atoms with Gasteiger partial charge >= 0.3 is 5.97 Å². The molecule has 0 spiro atoms. The lowest BCUT2D eigenvalue weighted by Gasteiger charge is -2.20. The summed E-state index contributed by atoms with van der Waals surface area (Å²) in [7, 11) is 3.70. The topological polar surface area (TPSA) is 49.8 Å². The van der Waals surface area contributed by atoms with Crippen molar-refractivity contribution in [1.29, 1.82) is 0 Å². The van der Waals surface area contributed by atoms with Gasteiger partial charge in [0.05, 0.1) is 13.5 Å². The molecule has 1 unspecified atom stereocenters. The Morgan fingerprint density at radius 2 is 1.91 bits per heavy atom. The van der Waals surface area contributed by atoms with Crippen LogP contribution in [0.15, 0.2) is 48.5 Å². The number of aliphatic carboxylic acids is 1. The molecule has 1 atom stereocenters. The second-order valence-electron chi connectivity index (χ2n) is 5.80. The fourth-order valence-corrected chi connectivity index (χ4v) is 2.57. The molecule has 1 N–H and O–H groups in total. The summed E-state index contributed by atoms with van der Waals surface area (Å²) < 4.78 is 5.25. The average molecular weight is 313 g/mol. The number of carboxylic acid groups (broad SMARTS) is 1. The molecule has 4 heteroatoms. The van der Waals surface area contributed by atoms with Crippen LogP contribution in [-0.4, -0.2) is 25.2 Å². The zero-order valence-electron chi connectivity index (χ0n) is 13.8. The quantitative estimate of drug-likeness (QED) is 0.842. The highest BCUT2D eigenvalue weighted by atomic mass is 16.5. The van der Waals surface area contributed by atoms with Crippen LogP contribution in [0, 0.1) is 0 Å². The third kappa shape index (κ3) is 4.74. The zero-order valence-corrected chi connectivity index (χ0v) is 13.8. The largest absolute Gasteiger partial charge is 0.497 e. The SMILES string of the molecule is COc1cccc(CN(C)c2ccc(C(C)CC(=O)O)cc2)c1. The maximum Gasteiger partial charge on any atom is 0.303 e. The lowest BCUT2D eigenvalue weighted by Crippen LogP contribution is -2.16. The van der Waals surface area contributed by atoms with Crippen LogP contribution in [0.4, 0.5) is 5.69 Å². The maximum atomic E-state index is 10.8. The van der Waals surface area contributed by atoms with Gasteiger partial charge in [0.1, 0.15) is 5.75 Å². The van der Waals surface area contributed by atoms with Crippen molar-refractivity contribution in [3.8, 4) is 5.75 Å². The molecule has 0 fully saturated rings. The van der Waals surface area contributed by atoms with Crippen LogP contribution >= 0.6 is 0 Å². The normalized spacial score (nSPS) is 11.8. The molecular weight excluding hydrogens is 290 g/mol. The predicted octanol–water partition coefficient (Wildman–Crippen LogP) is 3.91. The third-order valence-corrected chi connectivity index (χ3v) is 3.94. The number of hydrogen-bond acceptors (Lipinski definition) is 3. The molecule has 0 aliphatic carbocycles. The van der Waals surface area contributed by atoms with Crippen molar-refractivity contribution in [3.05, 3.63) is 59.7 Å². The molecule has 0 aromatic heterocycles. The fourth-order valence-electron chi connectivity index (χ4n) is 2.57. The fraction of sp³-hybridized carbons (Fsp3) is 0.316. The molecule has 4 nitrogen and oxygen atoms in total. The highest BCUT2D eigenvalue weighted by molar-refractivity contribution is 5.68. The molecule has 2 rings (SSSR count). The molecule has 0 amide bonds. The minimum absolute atomic E-state index is 0.0187. The van der Waals surface area contributed by atoms with Crippen molar-refractivity contribution in [3.63, 3.8) is 0 Å². The summed E-state index contributed by atoms with van der Waals surface area (Å²) >= 11 is 0. The highest BCUT2D eigenvalue weighted by Crippen LogP contribution is 2.23. The Morgan fingerprint density at radius 3 is 2.52 bits per heavy atom. The van der Waals surface area contributed by atoms with Crippen molar-refractivity contribution in [2.45, 2.75) is 25.8 Å². The summed E-state index contributed by atoms with van der Waals surface area (Å²) in [5, 5.41) is 8.88. The van der Waals surface area contributed by atoms with Gasteiger partial charge in [-0.2, -0.15) is 0 Å². The molecular formula is C19H23NO3. The highest BCUT2D eigenvalue weighted by Gasteiger charge is 2.10. The van der Waals surface area contributed by atoms with Crippen molar-refractivity contribution in [2.24, 2.45) is 0 Å². The molecule has 2 aromatic carbocycles. The minimum Gasteiger partial charge on any atom is -0.497 e. The van der Waals surface area contributed by atoms with Gasteiger partial charge in [0.25, 0.3) is 0 Å². The van der Waals surface area contributed by atoms with Crippen LogP contribution < -0.4 is 9.64 Å². The number of rotatable bonds is 7. The number of anilines is 1. The van der Waals surface area contributed by atoms with Gasteiger partial charge in [-0.3, -0.25) is 4.79 Å². The van der Waals surface area contributed by atoms with E-state index in [0.29, 0.717) is 0 Å². The molecule has 0 saturated heterocycles. The molecule has 0 aliphatic rings. The average Bonchev–Trinajstić information content (AvgIpc) is 2.54. The van der Waals surface area contributed by atoms with E-state index in [0.717, 1.165) is 23.5 Å². The van der Waals surface area contributed by atoms with Crippen molar-refractivity contribution in [2.75, 3.05) is 19.1 Å². The summed E-state index contributed by atoms with van der Waals surface area (Å²) in [5.74, 6) is 0.107. The summed E-state index contributed by atoms with van der Waals surface area (Å²) in [6.07, 6.45) is 0.152. The number of ether oxygens (including phenoxy) is 1. The number of nitrogens with zero attached hydrogens (tertiary/aromatic N) is 1. The molecule has 0 heterocycles. The van der Waals surface area contributed by atoms with Crippen LogP contribution in [0.1, 0.15) is 30.4 Å². The van der Waals surface area contributed by atoms with E-state index >= 15 is 0 Å². The molecule has 0 aliphatic heterocycles.